The summed E-state index contributed by atoms with van der Waals surface area (Å²) in [6, 6.07) is 15.5. The van der Waals surface area contributed by atoms with Gasteiger partial charge in [0, 0.05) is 0 Å². The largest absolute Gasteiger partial charge is 0.324 e. The van der Waals surface area contributed by atoms with Crippen LogP contribution in [0.25, 0.3) is 11.0 Å². The summed E-state index contributed by atoms with van der Waals surface area (Å²) in [7, 11) is 0. The van der Waals surface area contributed by atoms with Crippen molar-refractivity contribution < 1.29 is 4.79 Å². The molecule has 0 aliphatic heterocycles. The molecule has 1 atom stereocenters. The van der Waals surface area contributed by atoms with E-state index in [2.05, 4.69) is 14.1 Å². The van der Waals surface area contributed by atoms with E-state index in [1.54, 1.807) is 0 Å². The van der Waals surface area contributed by atoms with Crippen LogP contribution in [0, 0.1) is 0 Å². The van der Waals surface area contributed by atoms with Gasteiger partial charge in [0.15, 0.2) is 0 Å². The van der Waals surface area contributed by atoms with Crippen LogP contribution < -0.4 is 5.32 Å². The number of nitrogens with one attached hydrogen (secondary N) is 1. The maximum absolute atomic E-state index is 12.6. The van der Waals surface area contributed by atoms with Gasteiger partial charge in [-0.05, 0) is 24.1 Å². The van der Waals surface area contributed by atoms with Crippen LogP contribution in [0.1, 0.15) is 24.8 Å². The van der Waals surface area contributed by atoms with Crippen molar-refractivity contribution in [3.8, 4) is 0 Å². The van der Waals surface area contributed by atoms with Gasteiger partial charge in [-0.1, -0.05) is 43.3 Å². The van der Waals surface area contributed by atoms with Crippen LogP contribution in [0.15, 0.2) is 48.5 Å². The lowest BCUT2D eigenvalue weighted by atomic mass is 9.95. The Morgan fingerprint density at radius 1 is 1.14 bits per heavy atom. The average Bonchev–Trinajstić information content (AvgIpc) is 2.99. The molecule has 0 saturated carbocycles. The predicted octanol–water partition coefficient (Wildman–Crippen LogP) is 3.82. The molecule has 21 heavy (non-hydrogen) atoms. The maximum Gasteiger partial charge on any atom is 0.231 e. The summed E-state index contributed by atoms with van der Waals surface area (Å²) in [6.07, 6.45) is 0.751. The fourth-order valence-electron chi connectivity index (χ4n) is 2.38. The smallest absolute Gasteiger partial charge is 0.231 e. The van der Waals surface area contributed by atoms with Gasteiger partial charge < -0.3 is 5.32 Å². The van der Waals surface area contributed by atoms with Crippen molar-refractivity contribution in [1.82, 2.24) is 8.75 Å². The number of benzene rings is 2. The molecule has 5 heteroatoms. The molecule has 0 saturated heterocycles. The molecule has 3 aromatic rings. The molecule has 4 nitrogen and oxygen atoms in total. The highest BCUT2D eigenvalue weighted by molar-refractivity contribution is 7.00. The van der Waals surface area contributed by atoms with Gasteiger partial charge >= 0.3 is 0 Å². The summed E-state index contributed by atoms with van der Waals surface area (Å²) in [6.45, 7) is 2.02. The fourth-order valence-corrected chi connectivity index (χ4v) is 2.93. The Hall–Kier alpha value is -2.27. The monoisotopic (exact) mass is 297 g/mol. The van der Waals surface area contributed by atoms with E-state index >= 15 is 0 Å². The van der Waals surface area contributed by atoms with E-state index in [1.807, 2.05) is 55.5 Å². The zero-order valence-corrected chi connectivity index (χ0v) is 12.4. The van der Waals surface area contributed by atoms with Gasteiger partial charge in [0.1, 0.15) is 11.0 Å². The zero-order chi connectivity index (χ0) is 14.7. The van der Waals surface area contributed by atoms with Crippen molar-refractivity contribution in [2.45, 2.75) is 19.3 Å². The molecule has 1 amide bonds. The molecule has 0 unspecified atom stereocenters. The summed E-state index contributed by atoms with van der Waals surface area (Å²) in [5.41, 5.74) is 3.31. The lowest BCUT2D eigenvalue weighted by Crippen LogP contribution is -2.20. The Balaban J connectivity index is 1.87. The third-order valence-electron chi connectivity index (χ3n) is 3.47. The number of carbonyl (C=O) groups is 1. The molecule has 0 spiro atoms. The van der Waals surface area contributed by atoms with E-state index in [-0.39, 0.29) is 11.8 Å². The van der Waals surface area contributed by atoms with Crippen molar-refractivity contribution in [3.05, 3.63) is 54.1 Å². The van der Waals surface area contributed by atoms with Gasteiger partial charge in [0.25, 0.3) is 0 Å². The minimum absolute atomic E-state index is 0.01000. The molecule has 0 aliphatic rings. The lowest BCUT2D eigenvalue weighted by molar-refractivity contribution is -0.117. The van der Waals surface area contributed by atoms with Gasteiger partial charge in [-0.3, -0.25) is 4.79 Å². The summed E-state index contributed by atoms with van der Waals surface area (Å²) in [5.74, 6) is -0.169. The van der Waals surface area contributed by atoms with E-state index in [1.165, 1.54) is 0 Å². The van der Waals surface area contributed by atoms with Crippen LogP contribution in [0.3, 0.4) is 0 Å². The second kappa shape index (κ2) is 6.01. The Labute approximate surface area is 127 Å². The minimum Gasteiger partial charge on any atom is -0.324 e. The molecule has 0 aliphatic carbocycles. The molecule has 1 N–H and O–H groups in total. The van der Waals surface area contributed by atoms with Crippen molar-refractivity contribution in [2.75, 3.05) is 5.32 Å². The number of amides is 1. The van der Waals surface area contributed by atoms with Crippen LogP contribution in [-0.4, -0.2) is 14.7 Å². The Bertz CT molecular complexity index is 754. The van der Waals surface area contributed by atoms with E-state index in [9.17, 15) is 4.79 Å². The SMILES string of the molecule is CC[C@H](C(=O)Nc1cccc2nsnc12)c1ccccc1. The molecule has 1 aromatic heterocycles. The Morgan fingerprint density at radius 3 is 2.71 bits per heavy atom. The van der Waals surface area contributed by atoms with Gasteiger partial charge in [0.05, 0.1) is 23.3 Å². The standard InChI is InChI=1S/C16H15N3OS/c1-2-12(11-7-4-3-5-8-11)16(20)17-13-9-6-10-14-15(13)19-21-18-14/h3-10,12H,2H2,1H3,(H,17,20)/t12-/m0/s1. The first-order valence-corrected chi connectivity index (χ1v) is 7.59. The molecule has 2 aromatic carbocycles. The quantitative estimate of drug-likeness (QED) is 0.796. The van der Waals surface area contributed by atoms with Crippen molar-refractivity contribution >= 4 is 34.4 Å². The summed E-state index contributed by atoms with van der Waals surface area (Å²) in [5, 5.41) is 2.99. The van der Waals surface area contributed by atoms with E-state index in [0.717, 1.165) is 40.4 Å². The number of hydrogen-bond donors (Lipinski definition) is 1. The molecule has 1 heterocycles. The molecule has 0 radical (unpaired) electrons. The average molecular weight is 297 g/mol. The van der Waals surface area contributed by atoms with Crippen LogP contribution in [0.5, 0.6) is 0 Å². The maximum atomic E-state index is 12.6. The van der Waals surface area contributed by atoms with Crippen LogP contribution >= 0.6 is 11.7 Å². The summed E-state index contributed by atoms with van der Waals surface area (Å²) >= 11 is 1.15. The van der Waals surface area contributed by atoms with Crippen molar-refractivity contribution in [1.29, 1.82) is 0 Å². The molecule has 0 bridgehead atoms. The normalized spacial score (nSPS) is 12.2. The number of nitrogens with zero attached hydrogens (tertiary/aromatic N) is 2. The third kappa shape index (κ3) is 2.78. The fraction of sp³-hybridized carbons (Fsp3) is 0.188. The van der Waals surface area contributed by atoms with Crippen molar-refractivity contribution in [3.63, 3.8) is 0 Å². The number of aromatic nitrogens is 2. The lowest BCUT2D eigenvalue weighted by Gasteiger charge is -2.15. The highest BCUT2D eigenvalue weighted by atomic mass is 32.1. The van der Waals surface area contributed by atoms with Crippen molar-refractivity contribution in [2.24, 2.45) is 0 Å². The second-order valence-electron chi connectivity index (χ2n) is 4.80. The Morgan fingerprint density at radius 2 is 1.95 bits per heavy atom. The Kier molecular flexibility index (Phi) is 3.92. The number of fused-ring (bicyclic) bond motifs is 1. The number of hydrogen-bond acceptors (Lipinski definition) is 4. The first-order valence-electron chi connectivity index (χ1n) is 6.86. The highest BCUT2D eigenvalue weighted by Crippen LogP contribution is 2.25. The summed E-state index contributed by atoms with van der Waals surface area (Å²) < 4.78 is 8.43. The van der Waals surface area contributed by atoms with Gasteiger partial charge in [-0.15, -0.1) is 0 Å². The van der Waals surface area contributed by atoms with E-state index in [0.29, 0.717) is 0 Å². The third-order valence-corrected chi connectivity index (χ3v) is 4.01. The van der Waals surface area contributed by atoms with Crippen LogP contribution in [0.4, 0.5) is 5.69 Å². The first-order chi connectivity index (χ1) is 10.3. The van der Waals surface area contributed by atoms with E-state index in [4.69, 9.17) is 0 Å². The number of anilines is 1. The van der Waals surface area contributed by atoms with Gasteiger partial charge in [0.2, 0.25) is 5.91 Å². The van der Waals surface area contributed by atoms with Crippen LogP contribution in [0.2, 0.25) is 0 Å². The predicted molar refractivity (Wildman–Crippen MR) is 85.5 cm³/mol. The highest BCUT2D eigenvalue weighted by Gasteiger charge is 2.19. The van der Waals surface area contributed by atoms with Gasteiger partial charge in [-0.2, -0.15) is 8.75 Å². The molecular weight excluding hydrogens is 282 g/mol. The first kappa shape index (κ1) is 13.7. The second-order valence-corrected chi connectivity index (χ2v) is 5.33. The molecule has 0 fully saturated rings. The number of rotatable bonds is 4. The van der Waals surface area contributed by atoms with E-state index < -0.39 is 0 Å². The molecule has 3 rings (SSSR count). The minimum atomic E-state index is -0.159. The molecule has 106 valence electrons. The summed E-state index contributed by atoms with van der Waals surface area (Å²) in [4.78, 5) is 12.6. The molecular formula is C16H15N3OS. The van der Waals surface area contributed by atoms with Crippen LogP contribution in [-0.2, 0) is 4.79 Å². The van der Waals surface area contributed by atoms with Gasteiger partial charge in [-0.25, -0.2) is 0 Å². The zero-order valence-electron chi connectivity index (χ0n) is 11.6. The topological polar surface area (TPSA) is 54.9 Å². The number of carbonyl (C=O) groups excluding carboxylic acids is 1.